The van der Waals surface area contributed by atoms with Gasteiger partial charge in [0.1, 0.15) is 6.61 Å². The highest BCUT2D eigenvalue weighted by Crippen LogP contribution is 2.29. The average molecular weight is 232 g/mol. The van der Waals surface area contributed by atoms with Crippen LogP contribution in [0.25, 0.3) is 0 Å². The fourth-order valence-electron chi connectivity index (χ4n) is 2.15. The van der Waals surface area contributed by atoms with E-state index in [0.717, 1.165) is 12.8 Å². The Kier molecular flexibility index (Phi) is 3.36. The summed E-state index contributed by atoms with van der Waals surface area (Å²) in [5.41, 5.74) is 7.05. The Hall–Kier alpha value is -1.51. The Morgan fingerprint density at radius 3 is 2.65 bits per heavy atom. The lowest BCUT2D eigenvalue weighted by molar-refractivity contribution is 0.297. The highest BCUT2D eigenvalue weighted by Gasteiger charge is 2.24. The van der Waals surface area contributed by atoms with Gasteiger partial charge in [-0.05, 0) is 23.8 Å². The van der Waals surface area contributed by atoms with Crippen LogP contribution in [0.15, 0.2) is 35.3 Å². The monoisotopic (exact) mass is 232 g/mol. The first-order valence-electron chi connectivity index (χ1n) is 6.09. The second-order valence-corrected chi connectivity index (χ2v) is 5.22. The fraction of sp³-hybridized carbons (Fsp3) is 0.500. The average Bonchev–Trinajstić information content (AvgIpc) is 2.74. The third-order valence-corrected chi connectivity index (χ3v) is 3.39. The predicted molar refractivity (Wildman–Crippen MR) is 70.1 cm³/mol. The summed E-state index contributed by atoms with van der Waals surface area (Å²) in [5.74, 6) is 0. The highest BCUT2D eigenvalue weighted by molar-refractivity contribution is 5.72. The summed E-state index contributed by atoms with van der Waals surface area (Å²) in [6.07, 6.45) is 2.10. The van der Waals surface area contributed by atoms with E-state index >= 15 is 0 Å². The van der Waals surface area contributed by atoms with E-state index in [4.69, 9.17) is 10.5 Å². The molecule has 1 aromatic carbocycles. The van der Waals surface area contributed by atoms with Crippen LogP contribution in [-0.4, -0.2) is 18.7 Å². The van der Waals surface area contributed by atoms with Crippen LogP contribution >= 0.6 is 0 Å². The molecule has 1 heterocycles. The molecule has 0 amide bonds. The molecule has 0 saturated heterocycles. The number of hydrogen-bond donors (Lipinski definition) is 1. The number of rotatable bonds is 4. The van der Waals surface area contributed by atoms with Crippen LogP contribution in [0, 0.1) is 0 Å². The van der Waals surface area contributed by atoms with Crippen molar-refractivity contribution in [1.29, 1.82) is 0 Å². The minimum absolute atomic E-state index is 0.175. The van der Waals surface area contributed by atoms with E-state index in [2.05, 4.69) is 49.2 Å². The second-order valence-electron chi connectivity index (χ2n) is 5.22. The lowest BCUT2D eigenvalue weighted by atomic mass is 9.80. The summed E-state index contributed by atoms with van der Waals surface area (Å²) in [6.45, 7) is 5.17. The molecule has 0 saturated carbocycles. The number of aliphatic imine (C=N–C) groups is 1. The third-order valence-electron chi connectivity index (χ3n) is 3.39. The Morgan fingerprint density at radius 1 is 1.35 bits per heavy atom. The summed E-state index contributed by atoms with van der Waals surface area (Å²) in [6, 6.07) is 11.2. The van der Waals surface area contributed by atoms with E-state index in [-0.39, 0.29) is 11.5 Å². The topological polar surface area (TPSA) is 47.6 Å². The zero-order valence-electron chi connectivity index (χ0n) is 10.5. The quantitative estimate of drug-likeness (QED) is 0.866. The summed E-state index contributed by atoms with van der Waals surface area (Å²) in [4.78, 5) is 4.26. The number of nitrogens with two attached hydrogens (primary N) is 1. The molecule has 0 aromatic heterocycles. The number of hydrogen-bond acceptors (Lipinski definition) is 3. The number of amidine groups is 1. The Labute approximate surface area is 103 Å². The van der Waals surface area contributed by atoms with Gasteiger partial charge in [0.05, 0.1) is 6.04 Å². The van der Waals surface area contributed by atoms with Crippen LogP contribution in [0.3, 0.4) is 0 Å². The van der Waals surface area contributed by atoms with Crippen molar-refractivity contribution < 1.29 is 4.74 Å². The molecule has 1 atom stereocenters. The molecule has 3 heteroatoms. The molecule has 1 unspecified atom stereocenters. The molecule has 1 aliphatic heterocycles. The molecule has 0 fully saturated rings. The van der Waals surface area contributed by atoms with Gasteiger partial charge in [-0.2, -0.15) is 0 Å². The van der Waals surface area contributed by atoms with E-state index in [9.17, 15) is 0 Å². The predicted octanol–water partition coefficient (Wildman–Crippen LogP) is 2.46. The van der Waals surface area contributed by atoms with Gasteiger partial charge >= 0.3 is 0 Å². The molecule has 1 aromatic rings. The smallest absolute Gasteiger partial charge is 0.282 e. The first-order chi connectivity index (χ1) is 8.08. The van der Waals surface area contributed by atoms with Crippen molar-refractivity contribution in [3.05, 3.63) is 35.9 Å². The van der Waals surface area contributed by atoms with Gasteiger partial charge < -0.3 is 10.5 Å². The maximum Gasteiger partial charge on any atom is 0.282 e. The molecule has 3 nitrogen and oxygen atoms in total. The van der Waals surface area contributed by atoms with Crippen molar-refractivity contribution in [1.82, 2.24) is 0 Å². The van der Waals surface area contributed by atoms with Crippen LogP contribution in [-0.2, 0) is 10.2 Å². The van der Waals surface area contributed by atoms with Crippen molar-refractivity contribution in [3.8, 4) is 0 Å². The number of ether oxygens (including phenoxy) is 1. The largest absolute Gasteiger partial charge is 0.463 e. The molecule has 17 heavy (non-hydrogen) atoms. The second kappa shape index (κ2) is 4.78. The van der Waals surface area contributed by atoms with Crippen LogP contribution in [0.5, 0.6) is 0 Å². The SMILES string of the molecule is CC(C)(CCC1COC(N)=N1)c1ccccc1. The summed E-state index contributed by atoms with van der Waals surface area (Å²) >= 11 is 0. The van der Waals surface area contributed by atoms with Gasteiger partial charge in [0.25, 0.3) is 6.02 Å². The van der Waals surface area contributed by atoms with Gasteiger partial charge in [0.2, 0.25) is 0 Å². The molecule has 0 spiro atoms. The normalized spacial score (nSPS) is 19.9. The molecule has 0 aliphatic carbocycles. The van der Waals surface area contributed by atoms with E-state index in [1.807, 2.05) is 0 Å². The number of benzene rings is 1. The zero-order valence-corrected chi connectivity index (χ0v) is 10.5. The fourth-order valence-corrected chi connectivity index (χ4v) is 2.15. The van der Waals surface area contributed by atoms with E-state index in [1.54, 1.807) is 0 Å². The van der Waals surface area contributed by atoms with Crippen LogP contribution in [0.2, 0.25) is 0 Å². The minimum atomic E-state index is 0.175. The molecular weight excluding hydrogens is 212 g/mol. The van der Waals surface area contributed by atoms with Crippen molar-refractivity contribution in [3.63, 3.8) is 0 Å². The molecule has 1 aliphatic rings. The molecule has 2 N–H and O–H groups in total. The standard InChI is InChI=1S/C14H20N2O/c1-14(2,11-6-4-3-5-7-11)9-8-12-10-17-13(15)16-12/h3-7,12H,8-10H2,1-2H3,(H2,15,16). The van der Waals surface area contributed by atoms with Crippen molar-refractivity contribution in [2.24, 2.45) is 10.7 Å². The van der Waals surface area contributed by atoms with Gasteiger partial charge in [-0.15, -0.1) is 0 Å². The summed E-state index contributed by atoms with van der Waals surface area (Å²) in [5, 5.41) is 0. The minimum Gasteiger partial charge on any atom is -0.463 e. The maximum atomic E-state index is 5.50. The Balaban J connectivity index is 1.94. The first-order valence-corrected chi connectivity index (χ1v) is 6.09. The summed E-state index contributed by atoms with van der Waals surface area (Å²) in [7, 11) is 0. The van der Waals surface area contributed by atoms with Crippen LogP contribution in [0.1, 0.15) is 32.3 Å². The Morgan fingerprint density at radius 2 is 2.06 bits per heavy atom. The van der Waals surface area contributed by atoms with Gasteiger partial charge in [0, 0.05) is 0 Å². The molecular formula is C14H20N2O. The lowest BCUT2D eigenvalue weighted by Gasteiger charge is -2.25. The van der Waals surface area contributed by atoms with Crippen LogP contribution < -0.4 is 5.73 Å². The van der Waals surface area contributed by atoms with E-state index < -0.39 is 0 Å². The summed E-state index contributed by atoms with van der Waals surface area (Å²) < 4.78 is 5.16. The van der Waals surface area contributed by atoms with Gasteiger partial charge in [0.15, 0.2) is 0 Å². The maximum absolute atomic E-state index is 5.50. The van der Waals surface area contributed by atoms with Crippen LogP contribution in [0.4, 0.5) is 0 Å². The third kappa shape index (κ3) is 2.99. The van der Waals surface area contributed by atoms with E-state index in [1.165, 1.54) is 5.56 Å². The van der Waals surface area contributed by atoms with Gasteiger partial charge in [-0.3, -0.25) is 0 Å². The zero-order chi connectivity index (χ0) is 12.3. The lowest BCUT2D eigenvalue weighted by Crippen LogP contribution is -2.20. The van der Waals surface area contributed by atoms with E-state index in [0.29, 0.717) is 12.6 Å². The Bertz CT molecular complexity index is 398. The first kappa shape index (κ1) is 12.0. The molecule has 2 rings (SSSR count). The van der Waals surface area contributed by atoms with Crippen molar-refractivity contribution in [2.75, 3.05) is 6.61 Å². The van der Waals surface area contributed by atoms with Crippen molar-refractivity contribution in [2.45, 2.75) is 38.1 Å². The number of nitrogens with zero attached hydrogens (tertiary/aromatic N) is 1. The molecule has 0 radical (unpaired) electrons. The van der Waals surface area contributed by atoms with Gasteiger partial charge in [-0.25, -0.2) is 4.99 Å². The van der Waals surface area contributed by atoms with Crippen molar-refractivity contribution >= 4 is 6.02 Å². The van der Waals surface area contributed by atoms with Gasteiger partial charge in [-0.1, -0.05) is 44.2 Å². The molecule has 0 bridgehead atoms. The molecule has 92 valence electrons. The highest BCUT2D eigenvalue weighted by atomic mass is 16.5.